The predicted octanol–water partition coefficient (Wildman–Crippen LogP) is 4.27. The second-order valence-corrected chi connectivity index (χ2v) is 7.46. The van der Waals surface area contributed by atoms with Crippen molar-refractivity contribution in [1.82, 2.24) is 0 Å². The molecule has 0 amide bonds. The van der Waals surface area contributed by atoms with E-state index in [0.29, 0.717) is 23.7 Å². The summed E-state index contributed by atoms with van der Waals surface area (Å²) in [6, 6.07) is 24.6. The van der Waals surface area contributed by atoms with E-state index in [-0.39, 0.29) is 19.6 Å². The molecule has 0 aliphatic heterocycles. The third-order valence-corrected chi connectivity index (χ3v) is 5.21. The van der Waals surface area contributed by atoms with E-state index in [1.165, 1.54) is 0 Å². The van der Waals surface area contributed by atoms with Crippen molar-refractivity contribution in [1.29, 1.82) is 0 Å². The van der Waals surface area contributed by atoms with Crippen LogP contribution in [-0.2, 0) is 37.1 Å². The van der Waals surface area contributed by atoms with Gasteiger partial charge in [0.2, 0.25) is 0 Å². The van der Waals surface area contributed by atoms with Crippen LogP contribution >= 0.6 is 0 Å². The SMILES string of the molecule is O=CC[C@@H](c1ccc(C=O)cc1)C(C(=O)OCc1ccccc1)C(=O)OCc1ccccc1. The zero-order valence-corrected chi connectivity index (χ0v) is 18.0. The van der Waals surface area contributed by atoms with Crippen LogP contribution in [0.3, 0.4) is 0 Å². The number of carbonyl (C=O) groups excluding carboxylic acids is 4. The molecule has 168 valence electrons. The van der Waals surface area contributed by atoms with Gasteiger partial charge in [-0.05, 0) is 16.7 Å². The summed E-state index contributed by atoms with van der Waals surface area (Å²) in [6.45, 7) is -0.0277. The first kappa shape index (κ1) is 23.6. The van der Waals surface area contributed by atoms with Gasteiger partial charge in [-0.2, -0.15) is 0 Å². The van der Waals surface area contributed by atoms with Crippen LogP contribution in [0.4, 0.5) is 0 Å². The van der Waals surface area contributed by atoms with Crippen molar-refractivity contribution in [2.24, 2.45) is 5.92 Å². The standard InChI is InChI=1S/C27H24O6/c28-16-15-24(23-13-11-20(17-29)12-14-23)25(26(30)32-18-21-7-3-1-4-8-21)27(31)33-19-22-9-5-2-6-10-22/h1-14,16-17,24-25H,15,18-19H2/t24-/m0/s1. The molecule has 0 saturated heterocycles. The van der Waals surface area contributed by atoms with E-state index < -0.39 is 23.8 Å². The van der Waals surface area contributed by atoms with Gasteiger partial charge >= 0.3 is 11.9 Å². The van der Waals surface area contributed by atoms with E-state index >= 15 is 0 Å². The van der Waals surface area contributed by atoms with Gasteiger partial charge in [0, 0.05) is 17.9 Å². The van der Waals surface area contributed by atoms with E-state index in [1.54, 1.807) is 48.5 Å². The number of hydrogen-bond acceptors (Lipinski definition) is 6. The van der Waals surface area contributed by atoms with Gasteiger partial charge in [0.05, 0.1) is 0 Å². The Kier molecular flexibility index (Phi) is 8.65. The van der Waals surface area contributed by atoms with Crippen molar-refractivity contribution < 1.29 is 28.7 Å². The maximum absolute atomic E-state index is 13.1. The summed E-state index contributed by atoms with van der Waals surface area (Å²) in [5, 5.41) is 0. The van der Waals surface area contributed by atoms with E-state index in [4.69, 9.17) is 9.47 Å². The van der Waals surface area contributed by atoms with Gasteiger partial charge in [-0.15, -0.1) is 0 Å². The number of ether oxygens (including phenoxy) is 2. The first-order valence-corrected chi connectivity index (χ1v) is 10.5. The molecule has 0 aliphatic rings. The fraction of sp³-hybridized carbons (Fsp3) is 0.185. The number of hydrogen-bond donors (Lipinski definition) is 0. The molecule has 0 aromatic heterocycles. The third-order valence-electron chi connectivity index (χ3n) is 5.21. The molecule has 3 aromatic rings. The average Bonchev–Trinajstić information content (AvgIpc) is 2.87. The van der Waals surface area contributed by atoms with Crippen LogP contribution in [0, 0.1) is 5.92 Å². The van der Waals surface area contributed by atoms with Crippen molar-refractivity contribution >= 4 is 24.5 Å². The summed E-state index contributed by atoms with van der Waals surface area (Å²) < 4.78 is 10.9. The molecule has 0 radical (unpaired) electrons. The second kappa shape index (κ2) is 12.1. The monoisotopic (exact) mass is 444 g/mol. The predicted molar refractivity (Wildman–Crippen MR) is 121 cm³/mol. The fourth-order valence-electron chi connectivity index (χ4n) is 3.45. The Morgan fingerprint density at radius 2 is 1.18 bits per heavy atom. The van der Waals surface area contributed by atoms with Gasteiger partial charge < -0.3 is 14.3 Å². The molecule has 6 nitrogen and oxygen atoms in total. The molecule has 33 heavy (non-hydrogen) atoms. The normalized spacial score (nSPS) is 11.4. The van der Waals surface area contributed by atoms with Crippen molar-refractivity contribution in [3.63, 3.8) is 0 Å². The maximum Gasteiger partial charge on any atom is 0.321 e. The molecule has 0 fully saturated rings. The van der Waals surface area contributed by atoms with Gasteiger partial charge in [-0.25, -0.2) is 0 Å². The Balaban J connectivity index is 1.85. The van der Waals surface area contributed by atoms with Crippen LogP contribution < -0.4 is 0 Å². The molecule has 0 heterocycles. The molecule has 3 rings (SSSR count). The van der Waals surface area contributed by atoms with Crippen LogP contribution in [-0.4, -0.2) is 24.5 Å². The lowest BCUT2D eigenvalue weighted by molar-refractivity contribution is -0.165. The summed E-state index contributed by atoms with van der Waals surface area (Å²) in [7, 11) is 0. The number of rotatable bonds is 11. The van der Waals surface area contributed by atoms with E-state index in [0.717, 1.165) is 11.1 Å². The highest BCUT2D eigenvalue weighted by atomic mass is 16.6. The molecule has 0 aliphatic carbocycles. The van der Waals surface area contributed by atoms with Gasteiger partial charge in [0.15, 0.2) is 5.92 Å². The molecular weight excluding hydrogens is 420 g/mol. The Hall–Kier alpha value is -4.06. The van der Waals surface area contributed by atoms with E-state index in [2.05, 4.69) is 0 Å². The smallest absolute Gasteiger partial charge is 0.321 e. The number of benzene rings is 3. The zero-order valence-electron chi connectivity index (χ0n) is 18.0. The number of esters is 2. The van der Waals surface area contributed by atoms with Crippen molar-refractivity contribution in [2.45, 2.75) is 25.6 Å². The number of carbonyl (C=O) groups is 4. The van der Waals surface area contributed by atoms with Gasteiger partial charge in [-0.3, -0.25) is 14.4 Å². The Bertz CT molecular complexity index is 1010. The summed E-state index contributed by atoms with van der Waals surface area (Å²) in [4.78, 5) is 48.6. The van der Waals surface area contributed by atoms with Crippen LogP contribution in [0.1, 0.15) is 39.4 Å². The molecular formula is C27H24O6. The Labute approximate surface area is 192 Å². The topological polar surface area (TPSA) is 86.7 Å². The van der Waals surface area contributed by atoms with Crippen LogP contribution in [0.5, 0.6) is 0 Å². The first-order valence-electron chi connectivity index (χ1n) is 10.5. The zero-order chi connectivity index (χ0) is 23.5. The van der Waals surface area contributed by atoms with Gasteiger partial charge in [-0.1, -0.05) is 84.9 Å². The summed E-state index contributed by atoms with van der Waals surface area (Å²) >= 11 is 0. The van der Waals surface area contributed by atoms with E-state index in [9.17, 15) is 19.2 Å². The lowest BCUT2D eigenvalue weighted by atomic mass is 9.83. The molecule has 3 aromatic carbocycles. The third kappa shape index (κ3) is 6.71. The molecule has 0 unspecified atom stereocenters. The molecule has 0 N–H and O–H groups in total. The average molecular weight is 444 g/mol. The summed E-state index contributed by atoms with van der Waals surface area (Å²) in [5.41, 5.74) is 2.54. The molecule has 0 bridgehead atoms. The van der Waals surface area contributed by atoms with E-state index in [1.807, 2.05) is 36.4 Å². The minimum atomic E-state index is -1.34. The molecule has 1 atom stereocenters. The number of aldehydes is 2. The maximum atomic E-state index is 13.1. The van der Waals surface area contributed by atoms with Gasteiger partial charge in [0.1, 0.15) is 25.8 Å². The van der Waals surface area contributed by atoms with Crippen LogP contribution in [0.2, 0.25) is 0 Å². The molecule has 0 saturated carbocycles. The highest BCUT2D eigenvalue weighted by Gasteiger charge is 2.38. The quantitative estimate of drug-likeness (QED) is 0.249. The van der Waals surface area contributed by atoms with Crippen molar-refractivity contribution in [3.8, 4) is 0 Å². The second-order valence-electron chi connectivity index (χ2n) is 7.46. The summed E-state index contributed by atoms with van der Waals surface area (Å²) in [6.07, 6.45) is 1.25. The molecule has 6 heteroatoms. The van der Waals surface area contributed by atoms with Crippen LogP contribution in [0.15, 0.2) is 84.9 Å². The minimum Gasteiger partial charge on any atom is -0.460 e. The minimum absolute atomic E-state index is 0.0139. The highest BCUT2D eigenvalue weighted by molar-refractivity contribution is 5.96. The lowest BCUT2D eigenvalue weighted by Gasteiger charge is -2.23. The summed E-state index contributed by atoms with van der Waals surface area (Å²) in [5.74, 6) is -3.69. The van der Waals surface area contributed by atoms with Crippen molar-refractivity contribution in [3.05, 3.63) is 107 Å². The Morgan fingerprint density at radius 3 is 1.61 bits per heavy atom. The molecule has 0 spiro atoms. The lowest BCUT2D eigenvalue weighted by Crippen LogP contribution is -2.33. The largest absolute Gasteiger partial charge is 0.460 e. The highest BCUT2D eigenvalue weighted by Crippen LogP contribution is 2.31. The van der Waals surface area contributed by atoms with Crippen molar-refractivity contribution in [2.75, 3.05) is 0 Å². The Morgan fingerprint density at radius 1 is 0.697 bits per heavy atom. The van der Waals surface area contributed by atoms with Gasteiger partial charge in [0.25, 0.3) is 0 Å². The van der Waals surface area contributed by atoms with Crippen LogP contribution in [0.25, 0.3) is 0 Å². The first-order chi connectivity index (χ1) is 16.1. The fourth-order valence-corrected chi connectivity index (χ4v) is 3.45.